The number of ketones is 4. The number of rotatable bonds is 30. The van der Waals surface area contributed by atoms with E-state index in [1.807, 2.05) is 45.2 Å². The average molecular weight is 1530 g/mol. The summed E-state index contributed by atoms with van der Waals surface area (Å²) in [7, 11) is 1.99. The van der Waals surface area contributed by atoms with Crippen LogP contribution in [0.25, 0.3) is 0 Å². The molecule has 0 saturated carbocycles. The van der Waals surface area contributed by atoms with Crippen molar-refractivity contribution in [3.63, 3.8) is 0 Å². The molecule has 3 unspecified atom stereocenters. The molecule has 12 nitrogen and oxygen atoms in total. The van der Waals surface area contributed by atoms with Gasteiger partial charge in [-0.15, -0.1) is 9.45 Å². The third-order valence-corrected chi connectivity index (χ3v) is 17.3. The Balaban J connectivity index is -0.000000174. The summed E-state index contributed by atoms with van der Waals surface area (Å²) < 4.78 is 5.73. The molecule has 1 rings (SSSR count). The maximum absolute atomic E-state index is 13.1. The number of alkyl halides is 1. The van der Waals surface area contributed by atoms with Gasteiger partial charge in [0, 0.05) is 79.6 Å². The van der Waals surface area contributed by atoms with Crippen molar-refractivity contribution in [1.82, 2.24) is 10.6 Å². The van der Waals surface area contributed by atoms with Crippen molar-refractivity contribution in [1.29, 1.82) is 0 Å². The fourth-order valence-corrected chi connectivity index (χ4v) is 9.05. The van der Waals surface area contributed by atoms with Crippen LogP contribution in [0, 0.1) is 24.7 Å². The second-order valence-corrected chi connectivity index (χ2v) is 38.4. The van der Waals surface area contributed by atoms with E-state index < -0.39 is 17.9 Å². The molecule has 1 aromatic rings. The number of hydrogen-bond acceptors (Lipinski definition) is 16. The number of unbranched alkanes of at least 4 members (excludes halogenated alkanes) is 2. The van der Waals surface area contributed by atoms with E-state index in [-0.39, 0.29) is 123 Å². The van der Waals surface area contributed by atoms with E-state index in [2.05, 4.69) is 158 Å². The predicted molar refractivity (Wildman–Crippen MR) is 355 cm³/mol. The molecule has 0 aromatic heterocycles. The van der Waals surface area contributed by atoms with E-state index in [1.165, 1.54) is 6.92 Å². The van der Waals surface area contributed by atoms with Crippen molar-refractivity contribution in [3.8, 4) is 0 Å². The van der Waals surface area contributed by atoms with Crippen LogP contribution >= 0.6 is 62.5 Å². The number of aliphatic hydroxyl groups is 2. The molecule has 0 radical (unpaired) electrons. The zero-order valence-electron chi connectivity index (χ0n) is 46.5. The van der Waals surface area contributed by atoms with E-state index in [0.717, 1.165) is 65.1 Å². The summed E-state index contributed by atoms with van der Waals surface area (Å²) in [5.74, 6) is 0.0377. The molecule has 22 heteroatoms. The van der Waals surface area contributed by atoms with E-state index in [0.29, 0.717) is 21.6 Å². The summed E-state index contributed by atoms with van der Waals surface area (Å²) >= 11 is 25.3. The normalized spacial score (nSPS) is 13.6. The molecule has 8 N–H and O–H groups in total. The second-order valence-electron chi connectivity index (χ2n) is 17.7. The monoisotopic (exact) mass is 1530 g/mol. The standard InChI is InChI=1S/C23H38N2O2S2.C15H29NO5.C8H17NOS2.C3H7I.C2H5.CH4.2HI.S2.V/c1-5-8-13-19(24-4)22(27)17-25-20(14-9-6-2)21(26)16-18-12-10-11-15-23(18)29(28)7-3;1-4-10(3)14(16)15(20)12(11(8-17)9-18)6-7-13(19)21-5-2;1-6(10)7(9)5-12(11)8(2,3)4;1-3(2)4;1-2;;;;1-2;/h10-12,15,19-20,24-25H,5-9,13-14,16-17H2,1-4H3;10-12,14,17-18H,4-9,16H2,1-3H3;7H,5,9H2,1-4H3;3H,1-2H3;1H2,2H3;1H4;2*1H;;/q;;;;-1;;;;;+2/p-2/t19-,20-,29?;10-,12?,14-;7-,12?;;;;;;;/m000......./s1. The van der Waals surface area contributed by atoms with Gasteiger partial charge in [-0.3, -0.25) is 24.0 Å². The van der Waals surface area contributed by atoms with Crippen LogP contribution in [0.3, 0.4) is 0 Å². The quantitative estimate of drug-likeness (QED) is 0.0183. The molecule has 0 aliphatic rings. The maximum atomic E-state index is 13.1. The molecule has 0 saturated heterocycles. The van der Waals surface area contributed by atoms with Gasteiger partial charge in [0.05, 0.1) is 37.3 Å². The first kappa shape index (κ1) is 89.3. The molecule has 0 spiro atoms. The Morgan fingerprint density at radius 1 is 0.865 bits per heavy atom. The molecular weight excluding hydrogens is 1430 g/mol. The molecule has 0 bridgehead atoms. The van der Waals surface area contributed by atoms with Crippen molar-refractivity contribution in [2.24, 2.45) is 29.2 Å². The van der Waals surface area contributed by atoms with Crippen LogP contribution < -0.4 is 22.1 Å². The Bertz CT molecular complexity index is 1620. The van der Waals surface area contributed by atoms with Gasteiger partial charge in [-0.25, -0.2) is 0 Å². The van der Waals surface area contributed by atoms with Crippen molar-refractivity contribution < 1.29 is 48.4 Å². The van der Waals surface area contributed by atoms with Crippen molar-refractivity contribution in [3.05, 3.63) is 36.8 Å². The minimum absolute atomic E-state index is 0. The summed E-state index contributed by atoms with van der Waals surface area (Å²) in [5, 5.41) is 25.0. The number of aliphatic hydroxyl groups excluding tert-OH is 2. The van der Waals surface area contributed by atoms with Gasteiger partial charge < -0.3 is 44.0 Å². The van der Waals surface area contributed by atoms with Crippen molar-refractivity contribution >= 4 is 155 Å². The van der Waals surface area contributed by atoms with E-state index in [1.54, 1.807) is 13.8 Å². The van der Waals surface area contributed by atoms with Crippen LogP contribution in [0.15, 0.2) is 29.2 Å². The topological polar surface area (TPSA) is 211 Å². The second kappa shape index (κ2) is 59.1. The Kier molecular flexibility index (Phi) is 71.3. The molecule has 0 fully saturated rings. The number of Topliss-reactive ketones (excluding diaryl/α,β-unsaturated/α-hetero) is 4. The zero-order chi connectivity index (χ0) is 58.3. The van der Waals surface area contributed by atoms with Crippen LogP contribution in [0.1, 0.15) is 161 Å². The van der Waals surface area contributed by atoms with Gasteiger partial charge in [0.1, 0.15) is 5.78 Å². The summed E-state index contributed by atoms with van der Waals surface area (Å²) in [6.07, 6.45) is 7.12. The van der Waals surface area contributed by atoms with Crippen molar-refractivity contribution in [2.75, 3.05) is 44.9 Å². The van der Waals surface area contributed by atoms with Gasteiger partial charge in [-0.2, -0.15) is 6.92 Å². The number of carbonyl (C=O) groups is 5. The van der Waals surface area contributed by atoms with Gasteiger partial charge in [0.15, 0.2) is 17.3 Å². The third kappa shape index (κ3) is 48.2. The van der Waals surface area contributed by atoms with Gasteiger partial charge >= 0.3 is 55.4 Å². The first-order chi connectivity index (χ1) is 34.3. The van der Waals surface area contributed by atoms with Crippen LogP contribution in [-0.4, -0.2) is 117 Å². The summed E-state index contributed by atoms with van der Waals surface area (Å²) in [4.78, 5) is 61.5. The Morgan fingerprint density at radius 3 is 1.73 bits per heavy atom. The number of hydrogen-bond donors (Lipinski definition) is 6. The molecule has 0 amide bonds. The summed E-state index contributed by atoms with van der Waals surface area (Å²) in [5.41, 5.74) is 12.6. The van der Waals surface area contributed by atoms with Gasteiger partial charge in [0.25, 0.3) is 0 Å². The molecule has 0 aliphatic heterocycles. The molecular formula is C52H100I3N4O8S6V-. The average Bonchev–Trinajstić information content (AvgIpc) is 3.36. The first-order valence-corrected chi connectivity index (χ1v) is 41.2. The molecule has 0 heterocycles. The van der Waals surface area contributed by atoms with E-state index in [4.69, 9.17) is 38.6 Å². The number of halogens is 3. The first-order valence-electron chi connectivity index (χ1n) is 25.0. The molecule has 1 aromatic carbocycles. The number of carbonyl (C=O) groups excluding carboxylic acids is 5. The molecule has 8 atom stereocenters. The number of likely N-dealkylation sites (N-methyl/N-ethyl adjacent to an activating group) is 1. The SMILES string of the molecule is C.CC(=O)[C@@H](N)CS(=S)C(C)(C)C.CC(C)I.CCCC[C@H](NC)C(=O)CN[C@@H](CCCC)C(=O)Cc1ccccc1S(=S)CC.CCOC(=O)CCC(C(=O)[C@@H](N)[C@@H](C)CC)C(CO)CO.S=S.[CH2-]C.[I][V][I]. The van der Waals surface area contributed by atoms with Crippen molar-refractivity contribution in [2.45, 2.75) is 199 Å². The Hall–Kier alpha value is 1.48. The molecule has 74 heavy (non-hydrogen) atoms. The van der Waals surface area contributed by atoms with Crippen LogP contribution in [-0.2, 0) is 108 Å². The third-order valence-electron chi connectivity index (χ3n) is 10.7. The minimum atomic E-state index is -0.650. The number of esters is 1. The fourth-order valence-electron chi connectivity index (χ4n) is 6.09. The number of ether oxygens (including phenoxy) is 1. The number of nitrogens with one attached hydrogen (secondary N) is 2. The Labute approximate surface area is 518 Å². The summed E-state index contributed by atoms with van der Waals surface area (Å²) in [6, 6.07) is 6.57. The predicted octanol–water partition coefficient (Wildman–Crippen LogP) is 10.1. The van der Waals surface area contributed by atoms with E-state index >= 15 is 0 Å². The van der Waals surface area contributed by atoms with Crippen LogP contribution in [0.5, 0.6) is 0 Å². The summed E-state index contributed by atoms with van der Waals surface area (Å²) in [6.45, 7) is 28.8. The zero-order valence-corrected chi connectivity index (χ0v) is 59.2. The van der Waals surface area contributed by atoms with E-state index in [9.17, 15) is 34.2 Å². The fraction of sp³-hybridized carbons (Fsp3) is 0.769. The Morgan fingerprint density at radius 2 is 1.34 bits per heavy atom. The molecule has 439 valence electrons. The van der Waals surface area contributed by atoms with Gasteiger partial charge in [-0.1, -0.05) is 170 Å². The van der Waals surface area contributed by atoms with Gasteiger partial charge in [-0.05, 0) is 74.6 Å². The van der Waals surface area contributed by atoms with Crippen LogP contribution in [0.2, 0.25) is 0 Å². The number of benzene rings is 1. The molecule has 0 aliphatic carbocycles. The number of nitrogens with two attached hydrogens (primary N) is 2. The van der Waals surface area contributed by atoms with Crippen LogP contribution in [0.4, 0.5) is 0 Å². The van der Waals surface area contributed by atoms with Gasteiger partial charge in [0.2, 0.25) is 0 Å².